The second kappa shape index (κ2) is 4.56. The summed E-state index contributed by atoms with van der Waals surface area (Å²) in [5.74, 6) is 0.800. The summed E-state index contributed by atoms with van der Waals surface area (Å²) in [7, 11) is 0. The molecule has 7 heteroatoms. The lowest BCUT2D eigenvalue weighted by Crippen LogP contribution is -2.51. The van der Waals surface area contributed by atoms with Crippen LogP contribution >= 0.6 is 11.6 Å². The van der Waals surface area contributed by atoms with Crippen LogP contribution in [0.25, 0.3) is 0 Å². The second-order valence-electron chi connectivity index (χ2n) is 4.60. The van der Waals surface area contributed by atoms with Crippen LogP contribution in [0.5, 0.6) is 11.5 Å². The van der Waals surface area contributed by atoms with Gasteiger partial charge >= 0.3 is 0 Å². The Morgan fingerprint density at radius 2 is 2.11 bits per heavy atom. The van der Waals surface area contributed by atoms with Crippen LogP contribution in [0.4, 0.5) is 5.69 Å². The van der Waals surface area contributed by atoms with Crippen LogP contribution in [0.3, 0.4) is 0 Å². The first-order valence-corrected chi connectivity index (χ1v) is 6.23. The van der Waals surface area contributed by atoms with E-state index in [4.69, 9.17) is 31.5 Å². The Bertz CT molecular complexity index is 529. The summed E-state index contributed by atoms with van der Waals surface area (Å²) in [4.78, 5) is 12.1. The van der Waals surface area contributed by atoms with E-state index in [2.05, 4.69) is 5.32 Å². The Balaban J connectivity index is 1.82. The molecular weight excluding hydrogens is 272 g/mol. The predicted molar refractivity (Wildman–Crippen MR) is 68.6 cm³/mol. The standard InChI is InChI=1S/C12H13ClN2O4/c13-7-3-9-10(19-6-18-9)4-8(7)15-11(16)12(14)1-2-17-5-12/h3-4H,1-2,5-6,14H2,(H,15,16). The van der Waals surface area contributed by atoms with Crippen molar-refractivity contribution in [3.8, 4) is 11.5 Å². The van der Waals surface area contributed by atoms with Gasteiger partial charge in [-0.2, -0.15) is 0 Å². The molecule has 19 heavy (non-hydrogen) atoms. The van der Waals surface area contributed by atoms with Gasteiger partial charge in [0.05, 0.1) is 17.3 Å². The number of nitrogens with one attached hydrogen (secondary N) is 1. The molecule has 1 saturated heterocycles. The number of fused-ring (bicyclic) bond motifs is 1. The van der Waals surface area contributed by atoms with Gasteiger partial charge in [0, 0.05) is 18.7 Å². The lowest BCUT2D eigenvalue weighted by atomic mass is 9.99. The highest BCUT2D eigenvalue weighted by Gasteiger charge is 2.38. The third-order valence-electron chi connectivity index (χ3n) is 3.21. The molecule has 0 spiro atoms. The van der Waals surface area contributed by atoms with Gasteiger partial charge in [-0.25, -0.2) is 0 Å². The van der Waals surface area contributed by atoms with Crippen LogP contribution in [-0.2, 0) is 9.53 Å². The maximum Gasteiger partial charge on any atom is 0.246 e. The zero-order chi connectivity index (χ0) is 13.5. The summed E-state index contributed by atoms with van der Waals surface area (Å²) >= 11 is 6.08. The van der Waals surface area contributed by atoms with Gasteiger partial charge in [-0.15, -0.1) is 0 Å². The van der Waals surface area contributed by atoms with Crippen molar-refractivity contribution in [2.45, 2.75) is 12.0 Å². The van der Waals surface area contributed by atoms with Crippen molar-refractivity contribution in [2.24, 2.45) is 5.73 Å². The Labute approximate surface area is 114 Å². The van der Waals surface area contributed by atoms with Gasteiger partial charge in [0.2, 0.25) is 12.7 Å². The zero-order valence-electron chi connectivity index (χ0n) is 10.1. The maximum absolute atomic E-state index is 12.1. The molecule has 0 aliphatic carbocycles. The lowest BCUT2D eigenvalue weighted by Gasteiger charge is -2.21. The first-order chi connectivity index (χ1) is 9.08. The average Bonchev–Trinajstić information content (AvgIpc) is 2.99. The maximum atomic E-state index is 12.1. The first kappa shape index (κ1) is 12.5. The molecule has 102 valence electrons. The van der Waals surface area contributed by atoms with Gasteiger partial charge < -0.3 is 25.3 Å². The third kappa shape index (κ3) is 2.22. The van der Waals surface area contributed by atoms with Crippen LogP contribution in [0.1, 0.15) is 6.42 Å². The topological polar surface area (TPSA) is 82.8 Å². The summed E-state index contributed by atoms with van der Waals surface area (Å²) in [6, 6.07) is 3.23. The average molecular weight is 285 g/mol. The quantitative estimate of drug-likeness (QED) is 0.850. The fraction of sp³-hybridized carbons (Fsp3) is 0.417. The molecule has 6 nitrogen and oxygen atoms in total. The fourth-order valence-electron chi connectivity index (χ4n) is 2.02. The largest absolute Gasteiger partial charge is 0.454 e. The van der Waals surface area contributed by atoms with Gasteiger partial charge in [0.1, 0.15) is 5.54 Å². The molecule has 3 N–H and O–H groups in total. The molecule has 2 heterocycles. The number of ether oxygens (including phenoxy) is 3. The molecule has 0 radical (unpaired) electrons. The molecule has 1 fully saturated rings. The molecule has 1 aromatic rings. The smallest absolute Gasteiger partial charge is 0.246 e. The van der Waals surface area contributed by atoms with Crippen molar-refractivity contribution in [3.05, 3.63) is 17.2 Å². The molecular formula is C12H13ClN2O4. The van der Waals surface area contributed by atoms with E-state index in [0.717, 1.165) is 0 Å². The molecule has 1 amide bonds. The minimum Gasteiger partial charge on any atom is -0.454 e. The molecule has 1 atom stereocenters. The van der Waals surface area contributed by atoms with E-state index in [0.29, 0.717) is 35.2 Å². The Morgan fingerprint density at radius 3 is 2.79 bits per heavy atom. The Hall–Kier alpha value is -1.50. The number of benzene rings is 1. The SMILES string of the molecule is NC1(C(=O)Nc2cc3c(cc2Cl)OCO3)CCOC1. The fourth-order valence-corrected chi connectivity index (χ4v) is 2.22. The minimum atomic E-state index is -1.00. The van der Waals surface area contributed by atoms with Crippen LogP contribution in [0.15, 0.2) is 12.1 Å². The molecule has 0 saturated carbocycles. The van der Waals surface area contributed by atoms with E-state index in [9.17, 15) is 4.79 Å². The predicted octanol–water partition coefficient (Wildman–Crippen LogP) is 1.12. The number of hydrogen-bond acceptors (Lipinski definition) is 5. The Morgan fingerprint density at radius 1 is 1.37 bits per heavy atom. The summed E-state index contributed by atoms with van der Waals surface area (Å²) in [5, 5.41) is 3.09. The zero-order valence-corrected chi connectivity index (χ0v) is 10.8. The van der Waals surface area contributed by atoms with Gasteiger partial charge in [0.15, 0.2) is 11.5 Å². The molecule has 0 aromatic heterocycles. The van der Waals surface area contributed by atoms with Gasteiger partial charge in [0.25, 0.3) is 0 Å². The number of amides is 1. The van der Waals surface area contributed by atoms with Crippen molar-refractivity contribution in [1.29, 1.82) is 0 Å². The summed E-state index contributed by atoms with van der Waals surface area (Å²) in [5.41, 5.74) is 5.43. The van der Waals surface area contributed by atoms with Gasteiger partial charge in [-0.3, -0.25) is 4.79 Å². The van der Waals surface area contributed by atoms with Gasteiger partial charge in [-0.05, 0) is 6.42 Å². The molecule has 2 aliphatic heterocycles. The van der Waals surface area contributed by atoms with Crippen molar-refractivity contribution in [3.63, 3.8) is 0 Å². The number of anilines is 1. The first-order valence-electron chi connectivity index (χ1n) is 5.86. The van der Waals surface area contributed by atoms with Crippen LogP contribution in [0, 0.1) is 0 Å². The van der Waals surface area contributed by atoms with Crippen molar-refractivity contribution < 1.29 is 19.0 Å². The minimum absolute atomic E-state index is 0.151. The monoisotopic (exact) mass is 284 g/mol. The van der Waals surface area contributed by atoms with Crippen LogP contribution in [0.2, 0.25) is 5.02 Å². The van der Waals surface area contributed by atoms with Crippen LogP contribution < -0.4 is 20.5 Å². The van der Waals surface area contributed by atoms with E-state index in [-0.39, 0.29) is 19.3 Å². The number of hydrogen-bond donors (Lipinski definition) is 2. The normalized spacial score (nSPS) is 24.5. The van der Waals surface area contributed by atoms with E-state index < -0.39 is 5.54 Å². The van der Waals surface area contributed by atoms with Crippen molar-refractivity contribution >= 4 is 23.2 Å². The molecule has 3 rings (SSSR count). The van der Waals surface area contributed by atoms with Crippen LogP contribution in [-0.4, -0.2) is 31.5 Å². The number of nitrogens with two attached hydrogens (primary N) is 1. The van der Waals surface area contributed by atoms with Crippen molar-refractivity contribution in [2.75, 3.05) is 25.3 Å². The summed E-state index contributed by atoms with van der Waals surface area (Å²) in [6.07, 6.45) is 0.487. The van der Waals surface area contributed by atoms with E-state index in [1.807, 2.05) is 0 Å². The third-order valence-corrected chi connectivity index (χ3v) is 3.53. The van der Waals surface area contributed by atoms with Gasteiger partial charge in [-0.1, -0.05) is 11.6 Å². The highest BCUT2D eigenvalue weighted by molar-refractivity contribution is 6.34. The highest BCUT2D eigenvalue weighted by Crippen LogP contribution is 2.39. The summed E-state index contributed by atoms with van der Waals surface area (Å²) in [6.45, 7) is 0.845. The van der Waals surface area contributed by atoms with E-state index in [1.165, 1.54) is 0 Å². The molecule has 0 bridgehead atoms. The number of carbonyl (C=O) groups is 1. The van der Waals surface area contributed by atoms with E-state index >= 15 is 0 Å². The molecule has 2 aliphatic rings. The molecule has 1 aromatic carbocycles. The lowest BCUT2D eigenvalue weighted by molar-refractivity contribution is -0.121. The Kier molecular flexibility index (Phi) is 3.00. The molecule has 1 unspecified atom stereocenters. The highest BCUT2D eigenvalue weighted by atomic mass is 35.5. The van der Waals surface area contributed by atoms with Crippen molar-refractivity contribution in [1.82, 2.24) is 0 Å². The van der Waals surface area contributed by atoms with E-state index in [1.54, 1.807) is 12.1 Å². The number of halogens is 1. The summed E-state index contributed by atoms with van der Waals surface area (Å²) < 4.78 is 15.6. The second-order valence-corrected chi connectivity index (χ2v) is 5.01. The number of rotatable bonds is 2. The number of carbonyl (C=O) groups excluding carboxylic acids is 1.